The first-order chi connectivity index (χ1) is 8.24. The average molecular weight is 244 g/mol. The van der Waals surface area contributed by atoms with E-state index in [-0.39, 0.29) is 0 Å². The number of nitrogens with zero attached hydrogens (tertiary/aromatic N) is 1. The predicted molar refractivity (Wildman–Crippen MR) is 75.6 cm³/mol. The Balaban J connectivity index is 0.000000366. The fourth-order valence-electron chi connectivity index (χ4n) is 2.05. The van der Waals surface area contributed by atoms with Crippen molar-refractivity contribution in [3.8, 4) is 0 Å². The molecule has 17 heavy (non-hydrogen) atoms. The molecular weight excluding hydrogens is 212 g/mol. The Kier molecular flexibility index (Phi) is 10.9. The fraction of sp³-hybridized carbons (Fsp3) is 1.00. The van der Waals surface area contributed by atoms with Crippen LogP contribution in [0.5, 0.6) is 0 Å². The summed E-state index contributed by atoms with van der Waals surface area (Å²) in [6.45, 7) is 16.0. The number of fused-ring (bicyclic) bond motifs is 1. The van der Waals surface area contributed by atoms with Crippen molar-refractivity contribution in [1.82, 2.24) is 10.2 Å². The SMILES string of the molecule is CCC.CCC.CCN1CCNC2COCC21. The highest BCUT2D eigenvalue weighted by atomic mass is 16.5. The maximum atomic E-state index is 5.42. The summed E-state index contributed by atoms with van der Waals surface area (Å²) in [5, 5.41) is 3.48. The van der Waals surface area contributed by atoms with Crippen LogP contribution in [0.1, 0.15) is 47.5 Å². The van der Waals surface area contributed by atoms with Gasteiger partial charge in [-0.15, -0.1) is 0 Å². The molecule has 2 fully saturated rings. The standard InChI is InChI=1S/C8H16N2O.2C3H8/c1-2-10-4-3-9-7-5-11-6-8(7)10;2*1-3-2/h7-9H,2-6H2,1H3;2*3H2,1-2H3. The van der Waals surface area contributed by atoms with E-state index in [1.807, 2.05) is 0 Å². The van der Waals surface area contributed by atoms with Gasteiger partial charge in [0.2, 0.25) is 0 Å². The second-order valence-electron chi connectivity index (χ2n) is 4.71. The number of piperazine rings is 1. The lowest BCUT2D eigenvalue weighted by atomic mass is 10.1. The van der Waals surface area contributed by atoms with Gasteiger partial charge >= 0.3 is 0 Å². The molecule has 0 bridgehead atoms. The van der Waals surface area contributed by atoms with Gasteiger partial charge in [0.1, 0.15) is 0 Å². The van der Waals surface area contributed by atoms with Gasteiger partial charge < -0.3 is 10.1 Å². The van der Waals surface area contributed by atoms with Crippen molar-refractivity contribution in [1.29, 1.82) is 0 Å². The summed E-state index contributed by atoms with van der Waals surface area (Å²) in [6.07, 6.45) is 2.50. The van der Waals surface area contributed by atoms with Crippen LogP contribution in [0.15, 0.2) is 0 Å². The normalized spacial score (nSPS) is 27.4. The first kappa shape index (κ1) is 16.9. The smallest absolute Gasteiger partial charge is 0.0638 e. The Morgan fingerprint density at radius 3 is 2.18 bits per heavy atom. The molecule has 104 valence electrons. The van der Waals surface area contributed by atoms with E-state index in [1.54, 1.807) is 0 Å². The van der Waals surface area contributed by atoms with Gasteiger partial charge in [-0.05, 0) is 6.54 Å². The van der Waals surface area contributed by atoms with Crippen molar-refractivity contribution >= 4 is 0 Å². The first-order valence-electron chi connectivity index (χ1n) is 7.30. The number of likely N-dealkylation sites (N-methyl/N-ethyl adjacent to an activating group) is 1. The van der Waals surface area contributed by atoms with Crippen LogP contribution in [0.25, 0.3) is 0 Å². The molecule has 0 aromatic heterocycles. The lowest BCUT2D eigenvalue weighted by Gasteiger charge is -2.36. The molecule has 2 unspecified atom stereocenters. The molecule has 0 aliphatic carbocycles. The molecule has 2 aliphatic heterocycles. The molecule has 2 atom stereocenters. The molecule has 0 spiro atoms. The third-order valence-electron chi connectivity index (χ3n) is 2.73. The van der Waals surface area contributed by atoms with E-state index >= 15 is 0 Å². The van der Waals surface area contributed by atoms with Gasteiger partial charge in [0.05, 0.1) is 19.3 Å². The van der Waals surface area contributed by atoms with E-state index in [0.29, 0.717) is 12.1 Å². The zero-order chi connectivity index (χ0) is 13.1. The van der Waals surface area contributed by atoms with Crippen LogP contribution in [0.3, 0.4) is 0 Å². The summed E-state index contributed by atoms with van der Waals surface area (Å²) in [6, 6.07) is 1.25. The fourth-order valence-corrected chi connectivity index (χ4v) is 2.05. The molecule has 0 aromatic carbocycles. The predicted octanol–water partition coefficient (Wildman–Crippen LogP) is 2.51. The summed E-state index contributed by atoms with van der Waals surface area (Å²) in [5.74, 6) is 0. The minimum absolute atomic E-state index is 0.601. The molecule has 0 aromatic rings. The summed E-state index contributed by atoms with van der Waals surface area (Å²) >= 11 is 0. The second-order valence-corrected chi connectivity index (χ2v) is 4.71. The average Bonchev–Trinajstić information content (AvgIpc) is 2.78. The Labute approximate surface area is 108 Å². The molecule has 0 amide bonds. The third kappa shape index (κ3) is 6.39. The minimum Gasteiger partial charge on any atom is -0.378 e. The quantitative estimate of drug-likeness (QED) is 0.767. The number of rotatable bonds is 1. The molecule has 3 heteroatoms. The molecule has 0 saturated carbocycles. The van der Waals surface area contributed by atoms with Crippen LogP contribution in [0, 0.1) is 0 Å². The third-order valence-corrected chi connectivity index (χ3v) is 2.73. The molecule has 2 saturated heterocycles. The number of nitrogens with one attached hydrogen (secondary N) is 1. The van der Waals surface area contributed by atoms with E-state index in [0.717, 1.165) is 26.3 Å². The van der Waals surface area contributed by atoms with Crippen LogP contribution in [-0.2, 0) is 4.74 Å². The van der Waals surface area contributed by atoms with Gasteiger partial charge in [0.15, 0.2) is 0 Å². The van der Waals surface area contributed by atoms with E-state index in [9.17, 15) is 0 Å². The highest BCUT2D eigenvalue weighted by Crippen LogP contribution is 2.15. The zero-order valence-electron chi connectivity index (χ0n) is 12.5. The number of ether oxygens (including phenoxy) is 1. The van der Waals surface area contributed by atoms with Crippen LogP contribution in [0.4, 0.5) is 0 Å². The Morgan fingerprint density at radius 2 is 1.65 bits per heavy atom. The molecule has 2 aliphatic rings. The highest BCUT2D eigenvalue weighted by molar-refractivity contribution is 4.92. The molecule has 2 heterocycles. The monoisotopic (exact) mass is 244 g/mol. The van der Waals surface area contributed by atoms with Crippen LogP contribution in [0.2, 0.25) is 0 Å². The van der Waals surface area contributed by atoms with Crippen LogP contribution in [-0.4, -0.2) is 49.8 Å². The number of hydrogen-bond donors (Lipinski definition) is 1. The van der Waals surface area contributed by atoms with E-state index < -0.39 is 0 Å². The maximum absolute atomic E-state index is 5.42. The Morgan fingerprint density at radius 1 is 1.06 bits per heavy atom. The lowest BCUT2D eigenvalue weighted by Crippen LogP contribution is -2.57. The van der Waals surface area contributed by atoms with Crippen molar-refractivity contribution in [2.75, 3.05) is 32.8 Å². The summed E-state index contributed by atoms with van der Waals surface area (Å²) < 4.78 is 5.42. The topological polar surface area (TPSA) is 24.5 Å². The Bertz CT molecular complexity index is 162. The number of hydrogen-bond acceptors (Lipinski definition) is 3. The van der Waals surface area contributed by atoms with E-state index in [2.05, 4.69) is 44.8 Å². The van der Waals surface area contributed by atoms with Crippen LogP contribution < -0.4 is 5.32 Å². The van der Waals surface area contributed by atoms with Gasteiger partial charge in [-0.1, -0.05) is 47.5 Å². The highest BCUT2D eigenvalue weighted by Gasteiger charge is 2.34. The van der Waals surface area contributed by atoms with Gasteiger partial charge in [-0.25, -0.2) is 0 Å². The van der Waals surface area contributed by atoms with Crippen molar-refractivity contribution in [3.63, 3.8) is 0 Å². The first-order valence-corrected chi connectivity index (χ1v) is 7.30. The largest absolute Gasteiger partial charge is 0.378 e. The summed E-state index contributed by atoms with van der Waals surface area (Å²) in [4.78, 5) is 2.51. The summed E-state index contributed by atoms with van der Waals surface area (Å²) in [7, 11) is 0. The Hall–Kier alpha value is -0.120. The zero-order valence-corrected chi connectivity index (χ0v) is 12.5. The minimum atomic E-state index is 0.601. The lowest BCUT2D eigenvalue weighted by molar-refractivity contribution is 0.135. The van der Waals surface area contributed by atoms with Crippen molar-refractivity contribution in [2.45, 2.75) is 59.5 Å². The van der Waals surface area contributed by atoms with Gasteiger partial charge in [0, 0.05) is 19.1 Å². The molecule has 1 N–H and O–H groups in total. The van der Waals surface area contributed by atoms with E-state index in [1.165, 1.54) is 19.4 Å². The van der Waals surface area contributed by atoms with Gasteiger partial charge in [-0.3, -0.25) is 4.90 Å². The van der Waals surface area contributed by atoms with Gasteiger partial charge in [0.25, 0.3) is 0 Å². The molecule has 2 rings (SSSR count). The molecule has 3 nitrogen and oxygen atoms in total. The summed E-state index contributed by atoms with van der Waals surface area (Å²) in [5.41, 5.74) is 0. The molecular formula is C14H32N2O. The van der Waals surface area contributed by atoms with Crippen molar-refractivity contribution < 1.29 is 4.74 Å². The molecule has 0 radical (unpaired) electrons. The van der Waals surface area contributed by atoms with Crippen molar-refractivity contribution in [3.05, 3.63) is 0 Å². The van der Waals surface area contributed by atoms with Crippen LogP contribution >= 0.6 is 0 Å². The second kappa shape index (κ2) is 11.0. The van der Waals surface area contributed by atoms with E-state index in [4.69, 9.17) is 4.74 Å². The van der Waals surface area contributed by atoms with Crippen molar-refractivity contribution in [2.24, 2.45) is 0 Å². The van der Waals surface area contributed by atoms with Gasteiger partial charge in [-0.2, -0.15) is 0 Å². The maximum Gasteiger partial charge on any atom is 0.0638 e.